The van der Waals surface area contributed by atoms with Crippen molar-refractivity contribution in [2.24, 2.45) is 7.05 Å². The quantitative estimate of drug-likeness (QED) is 0.457. The van der Waals surface area contributed by atoms with E-state index in [-0.39, 0.29) is 11.0 Å². The Labute approximate surface area is 168 Å². The van der Waals surface area contributed by atoms with E-state index in [1.165, 1.54) is 13.2 Å². The van der Waals surface area contributed by atoms with Crippen molar-refractivity contribution in [3.63, 3.8) is 0 Å². The number of benzene rings is 1. The van der Waals surface area contributed by atoms with E-state index < -0.39 is 35.3 Å². The van der Waals surface area contributed by atoms with Gasteiger partial charge in [-0.2, -0.15) is 0 Å². The number of aromatic nitrogens is 4. The number of pyridine rings is 2. The highest BCUT2D eigenvalue weighted by Gasteiger charge is 2.23. The van der Waals surface area contributed by atoms with Crippen molar-refractivity contribution in [2.75, 3.05) is 6.54 Å². The third kappa shape index (κ3) is 3.09. The maximum Gasteiger partial charge on any atom is 0.322 e. The summed E-state index contributed by atoms with van der Waals surface area (Å²) < 4.78 is 1.11. The van der Waals surface area contributed by atoms with Gasteiger partial charge in [0.25, 0.3) is 11.5 Å². The first-order valence-corrected chi connectivity index (χ1v) is 8.81. The van der Waals surface area contributed by atoms with Crippen LogP contribution in [-0.4, -0.2) is 48.2 Å². The first-order chi connectivity index (χ1) is 14.4. The Morgan fingerprint density at radius 3 is 2.70 bits per heavy atom. The molecule has 10 nitrogen and oxygen atoms in total. The molecule has 0 spiro atoms. The Balaban J connectivity index is 1.90. The minimum absolute atomic E-state index is 0.0830. The summed E-state index contributed by atoms with van der Waals surface area (Å²) in [4.78, 5) is 48.6. The summed E-state index contributed by atoms with van der Waals surface area (Å²) in [6, 6.07) is 9.14. The predicted molar refractivity (Wildman–Crippen MR) is 107 cm³/mol. The zero-order chi connectivity index (χ0) is 21.4. The van der Waals surface area contributed by atoms with Gasteiger partial charge in [-0.25, -0.2) is 9.97 Å². The van der Waals surface area contributed by atoms with E-state index in [0.29, 0.717) is 11.4 Å². The number of fused-ring (bicyclic) bond motifs is 2. The van der Waals surface area contributed by atoms with Gasteiger partial charge >= 0.3 is 5.97 Å². The van der Waals surface area contributed by atoms with Crippen LogP contribution in [0.4, 0.5) is 0 Å². The fourth-order valence-corrected chi connectivity index (χ4v) is 3.17. The molecule has 1 aromatic carbocycles. The lowest BCUT2D eigenvalue weighted by Crippen LogP contribution is -2.35. The summed E-state index contributed by atoms with van der Waals surface area (Å²) in [5.41, 5.74) is 0.181. The summed E-state index contributed by atoms with van der Waals surface area (Å²) >= 11 is 0. The van der Waals surface area contributed by atoms with Crippen LogP contribution in [0.3, 0.4) is 0 Å². The molecule has 0 fully saturated rings. The molecule has 150 valence electrons. The SMILES string of the molecule is Cn1c(=O)c(C(=O)NCC(=O)O)c(O)c2cnc(-c3cccc4ncccc34)nc21. The van der Waals surface area contributed by atoms with Gasteiger partial charge in [-0.3, -0.25) is 23.9 Å². The molecule has 0 unspecified atom stereocenters. The average molecular weight is 405 g/mol. The number of carbonyl (C=O) groups is 2. The number of nitrogens with zero attached hydrogens (tertiary/aromatic N) is 4. The van der Waals surface area contributed by atoms with Crippen molar-refractivity contribution in [3.05, 3.63) is 58.6 Å². The molecule has 0 saturated carbocycles. The third-order valence-electron chi connectivity index (χ3n) is 4.61. The Hall–Kier alpha value is -4.34. The molecule has 4 aromatic rings. The number of aliphatic carboxylic acids is 1. The number of nitrogens with one attached hydrogen (secondary N) is 1. The van der Waals surface area contributed by atoms with Gasteiger partial charge in [-0.15, -0.1) is 0 Å². The summed E-state index contributed by atoms with van der Waals surface area (Å²) in [5.74, 6) is -2.57. The zero-order valence-electron chi connectivity index (χ0n) is 15.7. The molecule has 0 aliphatic heterocycles. The number of amides is 1. The van der Waals surface area contributed by atoms with Crippen LogP contribution in [0.1, 0.15) is 10.4 Å². The van der Waals surface area contributed by atoms with E-state index in [9.17, 15) is 19.5 Å². The second-order valence-corrected chi connectivity index (χ2v) is 6.47. The minimum atomic E-state index is -1.28. The number of carbonyl (C=O) groups excluding carboxylic acids is 1. The summed E-state index contributed by atoms with van der Waals surface area (Å²) in [7, 11) is 1.40. The molecular weight excluding hydrogens is 390 g/mol. The molecule has 3 aromatic heterocycles. The largest absolute Gasteiger partial charge is 0.506 e. The molecular formula is C20H15N5O5. The molecule has 0 bridgehead atoms. The summed E-state index contributed by atoms with van der Waals surface area (Å²) in [6.07, 6.45) is 2.99. The van der Waals surface area contributed by atoms with Crippen molar-refractivity contribution >= 4 is 33.8 Å². The fraction of sp³-hybridized carbons (Fsp3) is 0.100. The van der Waals surface area contributed by atoms with Crippen molar-refractivity contribution in [2.45, 2.75) is 0 Å². The van der Waals surface area contributed by atoms with Crippen molar-refractivity contribution in [3.8, 4) is 17.1 Å². The van der Waals surface area contributed by atoms with E-state index in [1.54, 1.807) is 12.3 Å². The van der Waals surface area contributed by atoms with Gasteiger partial charge in [0, 0.05) is 30.4 Å². The van der Waals surface area contributed by atoms with E-state index >= 15 is 0 Å². The predicted octanol–water partition coefficient (Wildman–Crippen LogP) is 1.06. The van der Waals surface area contributed by atoms with Crippen LogP contribution in [0.25, 0.3) is 33.3 Å². The minimum Gasteiger partial charge on any atom is -0.506 e. The first kappa shape index (κ1) is 19.0. The van der Waals surface area contributed by atoms with E-state index in [2.05, 4.69) is 20.3 Å². The molecule has 10 heteroatoms. The van der Waals surface area contributed by atoms with Crippen molar-refractivity contribution in [1.29, 1.82) is 0 Å². The highest BCUT2D eigenvalue weighted by Crippen LogP contribution is 2.29. The average Bonchev–Trinajstić information content (AvgIpc) is 2.75. The van der Waals surface area contributed by atoms with Crippen LogP contribution < -0.4 is 10.9 Å². The van der Waals surface area contributed by atoms with Gasteiger partial charge in [0.2, 0.25) is 0 Å². The monoisotopic (exact) mass is 405 g/mol. The van der Waals surface area contributed by atoms with Crippen LogP contribution in [0, 0.1) is 0 Å². The van der Waals surface area contributed by atoms with Gasteiger partial charge < -0.3 is 15.5 Å². The zero-order valence-corrected chi connectivity index (χ0v) is 15.7. The van der Waals surface area contributed by atoms with Crippen LogP contribution >= 0.6 is 0 Å². The van der Waals surface area contributed by atoms with Gasteiger partial charge in [-0.1, -0.05) is 18.2 Å². The highest BCUT2D eigenvalue weighted by atomic mass is 16.4. The number of hydrogen-bond donors (Lipinski definition) is 3. The lowest BCUT2D eigenvalue weighted by molar-refractivity contribution is -0.135. The Bertz CT molecular complexity index is 1390. The summed E-state index contributed by atoms with van der Waals surface area (Å²) in [6.45, 7) is -0.690. The lowest BCUT2D eigenvalue weighted by Gasteiger charge is -2.12. The number of aromatic hydroxyl groups is 1. The molecule has 0 saturated heterocycles. The second-order valence-electron chi connectivity index (χ2n) is 6.47. The number of aryl methyl sites for hydroxylation is 1. The molecule has 3 N–H and O–H groups in total. The van der Waals surface area contributed by atoms with Crippen LogP contribution in [0.2, 0.25) is 0 Å². The van der Waals surface area contributed by atoms with Crippen LogP contribution in [0.15, 0.2) is 47.5 Å². The van der Waals surface area contributed by atoms with Gasteiger partial charge in [-0.05, 0) is 12.1 Å². The molecule has 3 heterocycles. The maximum absolute atomic E-state index is 12.7. The fourth-order valence-electron chi connectivity index (χ4n) is 3.17. The number of rotatable bonds is 4. The van der Waals surface area contributed by atoms with Crippen molar-refractivity contribution in [1.82, 2.24) is 24.8 Å². The number of carboxylic acid groups (broad SMARTS) is 1. The van der Waals surface area contributed by atoms with E-state index in [1.807, 2.05) is 24.3 Å². The van der Waals surface area contributed by atoms with E-state index in [4.69, 9.17) is 5.11 Å². The Morgan fingerprint density at radius 2 is 1.93 bits per heavy atom. The smallest absolute Gasteiger partial charge is 0.322 e. The molecule has 4 rings (SSSR count). The van der Waals surface area contributed by atoms with Gasteiger partial charge in [0.1, 0.15) is 23.5 Å². The molecule has 0 aliphatic carbocycles. The molecule has 0 aliphatic rings. The molecule has 30 heavy (non-hydrogen) atoms. The van der Waals surface area contributed by atoms with Crippen LogP contribution in [-0.2, 0) is 11.8 Å². The van der Waals surface area contributed by atoms with E-state index in [0.717, 1.165) is 15.5 Å². The third-order valence-corrected chi connectivity index (χ3v) is 4.61. The topological polar surface area (TPSA) is 147 Å². The van der Waals surface area contributed by atoms with Gasteiger partial charge in [0.05, 0.1) is 10.9 Å². The Kier molecular flexibility index (Phi) is 4.59. The standard InChI is InChI=1S/C20H15N5O5/c1-25-18-12(16(28)15(20(25)30)19(29)23-9-14(26)27)8-22-17(24-18)11-4-2-6-13-10(11)5-3-7-21-13/h2-8,28H,9H2,1H3,(H,23,29)(H,26,27). The lowest BCUT2D eigenvalue weighted by atomic mass is 10.1. The second kappa shape index (κ2) is 7.24. The number of hydrogen-bond acceptors (Lipinski definition) is 7. The molecule has 1 amide bonds. The summed E-state index contributed by atoms with van der Waals surface area (Å²) in [5, 5.41) is 22.2. The van der Waals surface area contributed by atoms with Crippen molar-refractivity contribution < 1.29 is 19.8 Å². The molecule has 0 atom stereocenters. The molecule has 0 radical (unpaired) electrons. The van der Waals surface area contributed by atoms with Gasteiger partial charge in [0.15, 0.2) is 5.82 Å². The first-order valence-electron chi connectivity index (χ1n) is 8.81. The maximum atomic E-state index is 12.7. The van der Waals surface area contributed by atoms with Crippen LogP contribution in [0.5, 0.6) is 5.75 Å². The number of carboxylic acids is 1. The Morgan fingerprint density at radius 1 is 1.13 bits per heavy atom. The highest BCUT2D eigenvalue weighted by molar-refractivity contribution is 6.02. The normalized spacial score (nSPS) is 11.0.